The molecule has 1 amide bonds. The molecule has 1 unspecified atom stereocenters. The Morgan fingerprint density at radius 3 is 2.41 bits per heavy atom. The standard InChI is InChI=1S/C18H17N3O5S/c1-11(17(22)20-13-6-8-14(9-7-13)27(19,24)25)26-18(23)16-10-12-4-2-3-5-15(12)21-16/h2-11,21H,1H3,(H,20,22)(H2,19,24,25). The number of nitrogens with two attached hydrogens (primary N) is 1. The van der Waals surface area contributed by atoms with Gasteiger partial charge in [0.1, 0.15) is 5.69 Å². The average Bonchev–Trinajstić information content (AvgIpc) is 3.05. The first kappa shape index (κ1) is 18.6. The molecular weight excluding hydrogens is 370 g/mol. The van der Waals surface area contributed by atoms with E-state index in [9.17, 15) is 18.0 Å². The van der Waals surface area contributed by atoms with E-state index < -0.39 is 28.0 Å². The summed E-state index contributed by atoms with van der Waals surface area (Å²) in [5, 5.41) is 8.42. The molecule has 1 heterocycles. The highest BCUT2D eigenvalue weighted by atomic mass is 32.2. The van der Waals surface area contributed by atoms with Crippen molar-refractivity contribution < 1.29 is 22.7 Å². The van der Waals surface area contributed by atoms with Gasteiger partial charge in [-0.25, -0.2) is 18.4 Å². The summed E-state index contributed by atoms with van der Waals surface area (Å²) in [5.41, 5.74) is 1.38. The van der Waals surface area contributed by atoms with Gasteiger partial charge in [0.25, 0.3) is 5.91 Å². The summed E-state index contributed by atoms with van der Waals surface area (Å²) in [7, 11) is -3.81. The van der Waals surface area contributed by atoms with Gasteiger partial charge in [-0.2, -0.15) is 0 Å². The summed E-state index contributed by atoms with van der Waals surface area (Å²) in [5.74, 6) is -1.21. The zero-order chi connectivity index (χ0) is 19.6. The number of benzene rings is 2. The Kier molecular flexibility index (Phi) is 4.98. The first-order valence-corrected chi connectivity index (χ1v) is 9.51. The number of hydrogen-bond donors (Lipinski definition) is 3. The highest BCUT2D eigenvalue weighted by Crippen LogP contribution is 2.17. The van der Waals surface area contributed by atoms with E-state index in [1.165, 1.54) is 31.2 Å². The van der Waals surface area contributed by atoms with Crippen LogP contribution in [0.15, 0.2) is 59.5 Å². The van der Waals surface area contributed by atoms with Crippen LogP contribution in [0.1, 0.15) is 17.4 Å². The smallest absolute Gasteiger partial charge is 0.355 e. The Morgan fingerprint density at radius 1 is 1.11 bits per heavy atom. The van der Waals surface area contributed by atoms with Crippen molar-refractivity contribution in [3.63, 3.8) is 0 Å². The number of primary sulfonamides is 1. The molecule has 0 spiro atoms. The molecular formula is C18H17N3O5S. The van der Waals surface area contributed by atoms with Gasteiger partial charge in [-0.1, -0.05) is 18.2 Å². The Bertz CT molecular complexity index is 1070. The second-order valence-electron chi connectivity index (χ2n) is 5.88. The number of aromatic nitrogens is 1. The van der Waals surface area contributed by atoms with Crippen molar-refractivity contribution in [2.75, 3.05) is 5.32 Å². The van der Waals surface area contributed by atoms with Crippen molar-refractivity contribution in [2.24, 2.45) is 5.14 Å². The van der Waals surface area contributed by atoms with E-state index >= 15 is 0 Å². The van der Waals surface area contributed by atoms with Crippen LogP contribution in [0.25, 0.3) is 10.9 Å². The molecule has 27 heavy (non-hydrogen) atoms. The molecule has 2 aromatic carbocycles. The van der Waals surface area contributed by atoms with Gasteiger partial charge >= 0.3 is 5.97 Å². The molecule has 0 bridgehead atoms. The fourth-order valence-electron chi connectivity index (χ4n) is 2.43. The average molecular weight is 387 g/mol. The van der Waals surface area contributed by atoms with Gasteiger partial charge < -0.3 is 15.0 Å². The minimum absolute atomic E-state index is 0.0706. The van der Waals surface area contributed by atoms with Crippen LogP contribution in [-0.2, 0) is 19.6 Å². The largest absolute Gasteiger partial charge is 0.448 e. The van der Waals surface area contributed by atoms with Gasteiger partial charge in [-0.05, 0) is 43.3 Å². The molecule has 0 aliphatic carbocycles. The maximum atomic E-state index is 12.2. The van der Waals surface area contributed by atoms with Crippen molar-refractivity contribution in [2.45, 2.75) is 17.9 Å². The predicted octanol–water partition coefficient (Wildman–Crippen LogP) is 2.00. The fraction of sp³-hybridized carbons (Fsp3) is 0.111. The molecule has 0 aliphatic heterocycles. The van der Waals surface area contributed by atoms with Crippen LogP contribution >= 0.6 is 0 Å². The molecule has 3 rings (SSSR count). The number of ether oxygens (including phenoxy) is 1. The van der Waals surface area contributed by atoms with E-state index in [1.54, 1.807) is 6.07 Å². The Morgan fingerprint density at radius 2 is 1.78 bits per heavy atom. The van der Waals surface area contributed by atoms with Gasteiger partial charge in [-0.3, -0.25) is 4.79 Å². The van der Waals surface area contributed by atoms with Crippen molar-refractivity contribution in [1.29, 1.82) is 0 Å². The number of amides is 1. The number of anilines is 1. The normalized spacial score (nSPS) is 12.5. The molecule has 0 aliphatic rings. The van der Waals surface area contributed by atoms with Crippen LogP contribution in [-0.4, -0.2) is 31.4 Å². The second kappa shape index (κ2) is 7.22. The molecule has 4 N–H and O–H groups in total. The maximum Gasteiger partial charge on any atom is 0.355 e. The number of fused-ring (bicyclic) bond motifs is 1. The number of carbonyl (C=O) groups is 2. The predicted molar refractivity (Wildman–Crippen MR) is 99.6 cm³/mol. The fourth-order valence-corrected chi connectivity index (χ4v) is 2.95. The van der Waals surface area contributed by atoms with Crippen LogP contribution in [0.4, 0.5) is 5.69 Å². The lowest BCUT2D eigenvalue weighted by Crippen LogP contribution is -2.30. The summed E-state index contributed by atoms with van der Waals surface area (Å²) in [6.45, 7) is 1.44. The number of aromatic amines is 1. The maximum absolute atomic E-state index is 12.2. The van der Waals surface area contributed by atoms with E-state index in [1.807, 2.05) is 24.3 Å². The first-order valence-electron chi connectivity index (χ1n) is 7.96. The number of para-hydroxylation sites is 1. The van der Waals surface area contributed by atoms with E-state index in [-0.39, 0.29) is 10.6 Å². The molecule has 9 heteroatoms. The molecule has 0 saturated heterocycles. The SMILES string of the molecule is CC(OC(=O)c1cc2ccccc2[nH]1)C(=O)Nc1ccc(S(N)(=O)=O)cc1. The molecule has 0 radical (unpaired) electrons. The number of nitrogens with one attached hydrogen (secondary N) is 2. The molecule has 0 saturated carbocycles. The van der Waals surface area contributed by atoms with Crippen molar-refractivity contribution in [3.05, 3.63) is 60.3 Å². The minimum atomic E-state index is -3.81. The Labute approximate surface area is 155 Å². The second-order valence-corrected chi connectivity index (χ2v) is 7.44. The van der Waals surface area contributed by atoms with E-state index in [0.717, 1.165) is 10.9 Å². The zero-order valence-electron chi connectivity index (χ0n) is 14.3. The number of rotatable bonds is 5. The Hall–Kier alpha value is -3.17. The summed E-state index contributed by atoms with van der Waals surface area (Å²) in [4.78, 5) is 27.3. The van der Waals surface area contributed by atoms with Crippen LogP contribution in [0, 0.1) is 0 Å². The van der Waals surface area contributed by atoms with Crippen LogP contribution in [0.3, 0.4) is 0 Å². The quantitative estimate of drug-likeness (QED) is 0.576. The van der Waals surface area contributed by atoms with Crippen LogP contribution < -0.4 is 10.5 Å². The number of sulfonamides is 1. The molecule has 140 valence electrons. The molecule has 0 fully saturated rings. The van der Waals surface area contributed by atoms with E-state index in [4.69, 9.17) is 9.88 Å². The number of esters is 1. The Balaban J connectivity index is 1.64. The first-order chi connectivity index (χ1) is 12.7. The van der Waals surface area contributed by atoms with Gasteiger partial charge in [0, 0.05) is 16.6 Å². The van der Waals surface area contributed by atoms with Crippen LogP contribution in [0.5, 0.6) is 0 Å². The topological polar surface area (TPSA) is 131 Å². The molecule has 1 aromatic heterocycles. The summed E-state index contributed by atoms with van der Waals surface area (Å²) >= 11 is 0. The monoisotopic (exact) mass is 387 g/mol. The summed E-state index contributed by atoms with van der Waals surface area (Å²) in [6, 6.07) is 14.3. The summed E-state index contributed by atoms with van der Waals surface area (Å²) in [6.07, 6.45) is -1.05. The minimum Gasteiger partial charge on any atom is -0.448 e. The van der Waals surface area contributed by atoms with Crippen molar-refractivity contribution >= 4 is 38.5 Å². The lowest BCUT2D eigenvalue weighted by atomic mass is 10.2. The van der Waals surface area contributed by atoms with E-state index in [2.05, 4.69) is 10.3 Å². The number of hydrogen-bond acceptors (Lipinski definition) is 5. The zero-order valence-corrected chi connectivity index (χ0v) is 15.1. The molecule has 3 aromatic rings. The lowest BCUT2D eigenvalue weighted by molar-refractivity contribution is -0.123. The van der Waals surface area contributed by atoms with Crippen LogP contribution in [0.2, 0.25) is 0 Å². The van der Waals surface area contributed by atoms with Gasteiger partial charge in [0.2, 0.25) is 10.0 Å². The van der Waals surface area contributed by atoms with Gasteiger partial charge in [0.15, 0.2) is 6.10 Å². The lowest BCUT2D eigenvalue weighted by Gasteiger charge is -2.13. The highest BCUT2D eigenvalue weighted by molar-refractivity contribution is 7.89. The summed E-state index contributed by atoms with van der Waals surface area (Å²) < 4.78 is 27.6. The van der Waals surface area contributed by atoms with Gasteiger partial charge in [0.05, 0.1) is 4.90 Å². The van der Waals surface area contributed by atoms with E-state index in [0.29, 0.717) is 5.69 Å². The number of H-pyrrole nitrogens is 1. The van der Waals surface area contributed by atoms with Crippen molar-refractivity contribution in [1.82, 2.24) is 4.98 Å². The van der Waals surface area contributed by atoms with Gasteiger partial charge in [-0.15, -0.1) is 0 Å². The van der Waals surface area contributed by atoms with Crippen molar-refractivity contribution in [3.8, 4) is 0 Å². The molecule has 8 nitrogen and oxygen atoms in total. The third-order valence-corrected chi connectivity index (χ3v) is 4.78. The number of carbonyl (C=O) groups excluding carboxylic acids is 2. The molecule has 1 atom stereocenters. The third kappa shape index (κ3) is 4.33. The highest BCUT2D eigenvalue weighted by Gasteiger charge is 2.20. The third-order valence-electron chi connectivity index (χ3n) is 3.85.